The maximum atomic E-state index is 8.64. The van der Waals surface area contributed by atoms with Crippen molar-refractivity contribution < 1.29 is 0 Å². The lowest BCUT2D eigenvalue weighted by molar-refractivity contribution is 0.590. The molecular weight excluding hydrogens is 208 g/mol. The number of nitrogens with zero attached hydrogens (tertiary/aromatic N) is 2. The van der Waals surface area contributed by atoms with Crippen molar-refractivity contribution in [2.24, 2.45) is 0 Å². The van der Waals surface area contributed by atoms with Gasteiger partial charge in [-0.3, -0.25) is 0 Å². The second-order valence-corrected chi connectivity index (χ2v) is 5.58. The van der Waals surface area contributed by atoms with Crippen molar-refractivity contribution in [3.05, 3.63) is 29.3 Å². The molecule has 0 N–H and O–H groups in total. The highest BCUT2D eigenvalue weighted by Gasteiger charge is 2.15. The quantitative estimate of drug-likeness (QED) is 0.792. The highest BCUT2D eigenvalue weighted by Crippen LogP contribution is 2.28. The van der Waals surface area contributed by atoms with E-state index in [2.05, 4.69) is 56.9 Å². The first kappa shape index (κ1) is 13.6. The number of rotatable bonds is 3. The van der Waals surface area contributed by atoms with Crippen LogP contribution in [0.3, 0.4) is 0 Å². The molecule has 2 heteroatoms. The molecule has 0 saturated heterocycles. The van der Waals surface area contributed by atoms with Crippen molar-refractivity contribution in [2.45, 2.75) is 39.5 Å². The van der Waals surface area contributed by atoms with Crippen molar-refractivity contribution in [1.29, 1.82) is 5.26 Å². The Hall–Kier alpha value is -1.49. The first-order valence-corrected chi connectivity index (χ1v) is 6.05. The topological polar surface area (TPSA) is 27.0 Å². The summed E-state index contributed by atoms with van der Waals surface area (Å²) in [5.41, 5.74) is 3.99. The summed E-state index contributed by atoms with van der Waals surface area (Å²) in [4.78, 5) is 2.16. The zero-order valence-electron chi connectivity index (χ0n) is 11.5. The third-order valence-corrected chi connectivity index (χ3v) is 3.05. The van der Waals surface area contributed by atoms with Crippen molar-refractivity contribution in [3.63, 3.8) is 0 Å². The Balaban J connectivity index is 3.03. The van der Waals surface area contributed by atoms with Gasteiger partial charge in [-0.2, -0.15) is 5.26 Å². The van der Waals surface area contributed by atoms with Crippen LogP contribution >= 0.6 is 0 Å². The van der Waals surface area contributed by atoms with Crippen LogP contribution in [0, 0.1) is 18.3 Å². The van der Waals surface area contributed by atoms with E-state index in [-0.39, 0.29) is 5.41 Å². The lowest BCUT2D eigenvalue weighted by Gasteiger charge is -2.25. The minimum Gasteiger partial charge on any atom is -0.373 e. The average Bonchev–Trinajstić information content (AvgIpc) is 2.24. The molecule has 0 fully saturated rings. The fourth-order valence-electron chi connectivity index (χ4n) is 1.83. The number of aryl methyl sites for hydroxylation is 1. The van der Waals surface area contributed by atoms with Crippen LogP contribution in [0.1, 0.15) is 38.3 Å². The van der Waals surface area contributed by atoms with Crippen molar-refractivity contribution >= 4 is 5.69 Å². The van der Waals surface area contributed by atoms with Crippen LogP contribution in [0.2, 0.25) is 0 Å². The highest BCUT2D eigenvalue weighted by molar-refractivity contribution is 5.55. The van der Waals surface area contributed by atoms with Gasteiger partial charge in [-0.15, -0.1) is 0 Å². The molecule has 0 heterocycles. The maximum Gasteiger partial charge on any atom is 0.0640 e. The summed E-state index contributed by atoms with van der Waals surface area (Å²) in [7, 11) is 2.05. The van der Waals surface area contributed by atoms with E-state index in [9.17, 15) is 0 Å². The van der Waals surface area contributed by atoms with E-state index in [1.807, 2.05) is 7.05 Å². The SMILES string of the molecule is Cc1ccc(C(C)(C)C)cc1N(C)CCC#N. The van der Waals surface area contributed by atoms with Crippen LogP contribution in [-0.4, -0.2) is 13.6 Å². The number of hydrogen-bond donors (Lipinski definition) is 0. The van der Waals surface area contributed by atoms with E-state index in [0.29, 0.717) is 6.42 Å². The molecule has 0 radical (unpaired) electrons. The molecule has 0 amide bonds. The number of hydrogen-bond acceptors (Lipinski definition) is 2. The van der Waals surface area contributed by atoms with Crippen LogP contribution in [0.15, 0.2) is 18.2 Å². The van der Waals surface area contributed by atoms with Gasteiger partial charge in [-0.1, -0.05) is 32.9 Å². The van der Waals surface area contributed by atoms with Gasteiger partial charge in [0.2, 0.25) is 0 Å². The summed E-state index contributed by atoms with van der Waals surface area (Å²) in [5, 5.41) is 8.64. The zero-order chi connectivity index (χ0) is 13.1. The van der Waals surface area contributed by atoms with E-state index in [0.717, 1.165) is 6.54 Å². The molecule has 0 aliphatic rings. The fraction of sp³-hybridized carbons (Fsp3) is 0.533. The normalized spacial score (nSPS) is 11.1. The van der Waals surface area contributed by atoms with E-state index in [1.165, 1.54) is 16.8 Å². The Kier molecular flexibility index (Phi) is 4.17. The van der Waals surface area contributed by atoms with Gasteiger partial charge in [-0.25, -0.2) is 0 Å². The second kappa shape index (κ2) is 5.23. The van der Waals surface area contributed by atoms with Gasteiger partial charge >= 0.3 is 0 Å². The number of benzene rings is 1. The van der Waals surface area contributed by atoms with Gasteiger partial charge in [0.25, 0.3) is 0 Å². The predicted molar refractivity (Wildman–Crippen MR) is 73.4 cm³/mol. The highest BCUT2D eigenvalue weighted by atomic mass is 15.1. The van der Waals surface area contributed by atoms with Crippen LogP contribution in [-0.2, 0) is 5.41 Å². The molecule has 0 saturated carbocycles. The minimum absolute atomic E-state index is 0.165. The molecule has 0 aliphatic carbocycles. The standard InChI is InChI=1S/C15H22N2/c1-12-7-8-13(15(2,3)4)11-14(12)17(5)10-6-9-16/h7-8,11H,6,10H2,1-5H3. The molecule has 0 spiro atoms. The van der Waals surface area contributed by atoms with Gasteiger partial charge in [0.1, 0.15) is 0 Å². The first-order valence-electron chi connectivity index (χ1n) is 6.05. The van der Waals surface area contributed by atoms with Gasteiger partial charge in [0.05, 0.1) is 12.5 Å². The van der Waals surface area contributed by atoms with Crippen LogP contribution in [0.5, 0.6) is 0 Å². The van der Waals surface area contributed by atoms with Gasteiger partial charge in [-0.05, 0) is 29.5 Å². The Morgan fingerprint density at radius 2 is 1.94 bits per heavy atom. The molecule has 2 nitrogen and oxygen atoms in total. The summed E-state index contributed by atoms with van der Waals surface area (Å²) in [6, 6.07) is 8.79. The molecule has 17 heavy (non-hydrogen) atoms. The lowest BCUT2D eigenvalue weighted by Crippen LogP contribution is -2.20. The molecule has 1 aromatic carbocycles. The molecular formula is C15H22N2. The molecule has 1 rings (SSSR count). The van der Waals surface area contributed by atoms with Crippen molar-refractivity contribution in [3.8, 4) is 6.07 Å². The van der Waals surface area contributed by atoms with Crippen molar-refractivity contribution in [2.75, 3.05) is 18.5 Å². The molecule has 0 bridgehead atoms. The Morgan fingerprint density at radius 3 is 2.47 bits per heavy atom. The van der Waals surface area contributed by atoms with E-state index in [4.69, 9.17) is 5.26 Å². The fourth-order valence-corrected chi connectivity index (χ4v) is 1.83. The van der Waals surface area contributed by atoms with Crippen LogP contribution in [0.4, 0.5) is 5.69 Å². The first-order chi connectivity index (χ1) is 7.86. The van der Waals surface area contributed by atoms with Gasteiger partial charge < -0.3 is 4.90 Å². The van der Waals surface area contributed by atoms with Crippen molar-refractivity contribution in [1.82, 2.24) is 0 Å². The van der Waals surface area contributed by atoms with Gasteiger partial charge in [0, 0.05) is 19.3 Å². The third-order valence-electron chi connectivity index (χ3n) is 3.05. The summed E-state index contributed by atoms with van der Waals surface area (Å²) in [5.74, 6) is 0. The maximum absolute atomic E-state index is 8.64. The zero-order valence-corrected chi connectivity index (χ0v) is 11.5. The molecule has 0 aromatic heterocycles. The van der Waals surface area contributed by atoms with Gasteiger partial charge in [0.15, 0.2) is 0 Å². The Morgan fingerprint density at radius 1 is 1.29 bits per heavy atom. The van der Waals surface area contributed by atoms with E-state index < -0.39 is 0 Å². The summed E-state index contributed by atoms with van der Waals surface area (Å²) in [6.45, 7) is 9.56. The smallest absolute Gasteiger partial charge is 0.0640 e. The predicted octanol–water partition coefficient (Wildman–Crippen LogP) is 3.64. The molecule has 0 aliphatic heterocycles. The summed E-state index contributed by atoms with van der Waals surface area (Å²) in [6.07, 6.45) is 0.565. The lowest BCUT2D eigenvalue weighted by atomic mass is 9.86. The van der Waals surface area contributed by atoms with Crippen LogP contribution in [0.25, 0.3) is 0 Å². The third kappa shape index (κ3) is 3.49. The molecule has 92 valence electrons. The second-order valence-electron chi connectivity index (χ2n) is 5.58. The minimum atomic E-state index is 0.165. The Labute approximate surface area is 105 Å². The Bertz CT molecular complexity index is 422. The molecule has 1 aromatic rings. The van der Waals surface area contributed by atoms with Crippen LogP contribution < -0.4 is 4.90 Å². The van der Waals surface area contributed by atoms with E-state index >= 15 is 0 Å². The number of anilines is 1. The largest absolute Gasteiger partial charge is 0.373 e. The summed E-state index contributed by atoms with van der Waals surface area (Å²) >= 11 is 0. The number of nitriles is 1. The van der Waals surface area contributed by atoms with E-state index in [1.54, 1.807) is 0 Å². The molecule has 0 unspecified atom stereocenters. The molecule has 0 atom stereocenters. The monoisotopic (exact) mass is 230 g/mol. The average molecular weight is 230 g/mol. The summed E-state index contributed by atoms with van der Waals surface area (Å²) < 4.78 is 0.